The van der Waals surface area contributed by atoms with Gasteiger partial charge in [0.05, 0.1) is 6.20 Å². The Balaban J connectivity index is 1.56. The van der Waals surface area contributed by atoms with Crippen LogP contribution < -0.4 is 15.4 Å². The highest BCUT2D eigenvalue weighted by molar-refractivity contribution is 6.42. The molecule has 0 aromatic carbocycles. The predicted octanol–water partition coefficient (Wildman–Crippen LogP) is 3.41. The molecule has 0 saturated carbocycles. The van der Waals surface area contributed by atoms with Crippen LogP contribution in [0.3, 0.4) is 0 Å². The highest BCUT2D eigenvalue weighted by atomic mass is 35.5. The fourth-order valence-electron chi connectivity index (χ4n) is 3.06. The van der Waals surface area contributed by atoms with Gasteiger partial charge in [-0.25, -0.2) is 15.0 Å². The topological polar surface area (TPSA) is 106 Å². The summed E-state index contributed by atoms with van der Waals surface area (Å²) >= 11 is 12.0. The van der Waals surface area contributed by atoms with Crippen molar-refractivity contribution >= 4 is 40.2 Å². The number of nitrogens with zero attached hydrogens (tertiary/aromatic N) is 5. The maximum atomic E-state index is 6.11. The first-order chi connectivity index (χ1) is 13.0. The third-order valence-electron chi connectivity index (χ3n) is 5.03. The molecule has 4 heterocycles. The smallest absolute Gasteiger partial charge is 0.266 e. The number of fused-ring (bicyclic) bond motifs is 1. The molecule has 0 spiro atoms. The number of anilines is 1. The van der Waals surface area contributed by atoms with Crippen molar-refractivity contribution in [3.05, 3.63) is 28.6 Å². The van der Waals surface area contributed by atoms with Crippen molar-refractivity contribution in [1.29, 1.82) is 0 Å². The minimum Gasteiger partial charge on any atom is -0.434 e. The third-order valence-corrected chi connectivity index (χ3v) is 5.78. The Labute approximate surface area is 166 Å². The average Bonchev–Trinajstić information content (AvgIpc) is 3.08. The van der Waals surface area contributed by atoms with Gasteiger partial charge in [0.1, 0.15) is 10.8 Å². The molecule has 1 aliphatic rings. The summed E-state index contributed by atoms with van der Waals surface area (Å²) in [6.45, 7) is 4.73. The van der Waals surface area contributed by atoms with E-state index in [1.165, 1.54) is 6.20 Å². The molecule has 142 valence electrons. The zero-order chi connectivity index (χ0) is 19.0. The van der Waals surface area contributed by atoms with Crippen molar-refractivity contribution in [3.63, 3.8) is 0 Å². The van der Waals surface area contributed by atoms with Crippen LogP contribution in [0.25, 0.3) is 11.2 Å². The Morgan fingerprint density at radius 3 is 2.81 bits per heavy atom. The van der Waals surface area contributed by atoms with Crippen LogP contribution in [0.2, 0.25) is 10.2 Å². The summed E-state index contributed by atoms with van der Waals surface area (Å²) in [6.07, 6.45) is 5.30. The standard InChI is InChI=1S/C17H19Cl2N7O/c1-17(9-20)3-6-26(7-4-17)11-8-22-13-15(23-11)24-25-16(13)27-10-2-5-21-14(19)12(10)18/h2,5,8H,3-4,6-7,9,20H2,1H3,(H,23,24,25). The highest BCUT2D eigenvalue weighted by Crippen LogP contribution is 2.35. The van der Waals surface area contributed by atoms with Gasteiger partial charge in [0.25, 0.3) is 5.88 Å². The van der Waals surface area contributed by atoms with Crippen LogP contribution in [0, 0.1) is 5.41 Å². The summed E-state index contributed by atoms with van der Waals surface area (Å²) in [5, 5.41) is 7.40. The molecule has 4 rings (SSSR count). The molecule has 3 aromatic heterocycles. The Kier molecular flexibility index (Phi) is 4.79. The number of hydrogen-bond acceptors (Lipinski definition) is 7. The number of hydrogen-bond donors (Lipinski definition) is 2. The molecule has 1 saturated heterocycles. The van der Waals surface area contributed by atoms with E-state index in [0.717, 1.165) is 31.7 Å². The van der Waals surface area contributed by atoms with Gasteiger partial charge in [0.15, 0.2) is 22.1 Å². The summed E-state index contributed by atoms with van der Waals surface area (Å²) in [4.78, 5) is 15.2. The maximum absolute atomic E-state index is 6.11. The molecule has 8 nitrogen and oxygen atoms in total. The number of piperidine rings is 1. The van der Waals surface area contributed by atoms with Crippen LogP contribution in [-0.2, 0) is 0 Å². The van der Waals surface area contributed by atoms with Crippen molar-refractivity contribution in [2.75, 3.05) is 24.5 Å². The van der Waals surface area contributed by atoms with E-state index in [1.807, 2.05) is 0 Å². The van der Waals surface area contributed by atoms with Crippen LogP contribution >= 0.6 is 23.2 Å². The first kappa shape index (κ1) is 18.2. The van der Waals surface area contributed by atoms with Gasteiger partial charge in [-0.3, -0.25) is 5.10 Å². The predicted molar refractivity (Wildman–Crippen MR) is 105 cm³/mol. The molecule has 1 fully saturated rings. The van der Waals surface area contributed by atoms with Crippen LogP contribution in [0.4, 0.5) is 5.82 Å². The fraction of sp³-hybridized carbons (Fsp3) is 0.412. The van der Waals surface area contributed by atoms with Gasteiger partial charge in [0, 0.05) is 25.4 Å². The minimum absolute atomic E-state index is 0.164. The van der Waals surface area contributed by atoms with E-state index in [1.54, 1.807) is 12.3 Å². The van der Waals surface area contributed by atoms with E-state index in [2.05, 4.69) is 37.0 Å². The zero-order valence-electron chi connectivity index (χ0n) is 14.7. The van der Waals surface area contributed by atoms with Gasteiger partial charge in [-0.1, -0.05) is 30.1 Å². The number of ether oxygens (including phenoxy) is 1. The van der Waals surface area contributed by atoms with E-state index in [0.29, 0.717) is 23.5 Å². The normalized spacial score (nSPS) is 16.7. The van der Waals surface area contributed by atoms with Gasteiger partial charge in [-0.15, -0.1) is 5.10 Å². The maximum Gasteiger partial charge on any atom is 0.266 e. The number of H-pyrrole nitrogens is 1. The largest absolute Gasteiger partial charge is 0.434 e. The monoisotopic (exact) mass is 407 g/mol. The number of pyridine rings is 1. The molecular weight excluding hydrogens is 389 g/mol. The van der Waals surface area contributed by atoms with Gasteiger partial charge in [-0.05, 0) is 24.8 Å². The molecule has 27 heavy (non-hydrogen) atoms. The number of nitrogens with one attached hydrogen (secondary N) is 1. The Hall–Kier alpha value is -2.16. The van der Waals surface area contributed by atoms with E-state index < -0.39 is 0 Å². The van der Waals surface area contributed by atoms with E-state index in [4.69, 9.17) is 33.7 Å². The van der Waals surface area contributed by atoms with Gasteiger partial charge >= 0.3 is 0 Å². The lowest BCUT2D eigenvalue weighted by molar-refractivity contribution is 0.258. The Morgan fingerprint density at radius 2 is 2.07 bits per heavy atom. The van der Waals surface area contributed by atoms with Crippen molar-refractivity contribution < 1.29 is 4.74 Å². The average molecular weight is 408 g/mol. The second-order valence-corrected chi connectivity index (χ2v) is 7.71. The SMILES string of the molecule is CC1(CN)CCN(c2cnc3c(Oc4ccnc(Cl)c4Cl)n[nH]c3n2)CC1. The molecule has 0 bridgehead atoms. The lowest BCUT2D eigenvalue weighted by atomic mass is 9.80. The molecule has 0 unspecified atom stereocenters. The molecule has 3 aromatic rings. The quantitative estimate of drug-likeness (QED) is 0.638. The highest BCUT2D eigenvalue weighted by Gasteiger charge is 2.29. The number of aromatic nitrogens is 5. The number of rotatable bonds is 4. The van der Waals surface area contributed by atoms with E-state index in [9.17, 15) is 0 Å². The lowest BCUT2D eigenvalue weighted by Gasteiger charge is -2.39. The first-order valence-corrected chi connectivity index (χ1v) is 9.39. The molecule has 10 heteroatoms. The second-order valence-electron chi connectivity index (χ2n) is 6.97. The fourth-order valence-corrected chi connectivity index (χ4v) is 3.36. The summed E-state index contributed by atoms with van der Waals surface area (Å²) in [5.74, 6) is 1.44. The van der Waals surface area contributed by atoms with Gasteiger partial charge < -0.3 is 15.4 Å². The number of halogens is 2. The summed E-state index contributed by atoms with van der Waals surface area (Å²) < 4.78 is 5.74. The summed E-state index contributed by atoms with van der Waals surface area (Å²) in [7, 11) is 0. The van der Waals surface area contributed by atoms with Gasteiger partial charge in [0.2, 0.25) is 0 Å². The molecule has 0 amide bonds. The van der Waals surface area contributed by atoms with Crippen molar-refractivity contribution in [2.45, 2.75) is 19.8 Å². The number of nitrogens with two attached hydrogens (primary N) is 1. The lowest BCUT2D eigenvalue weighted by Crippen LogP contribution is -2.42. The number of aromatic amines is 1. The molecular formula is C17H19Cl2N7O. The first-order valence-electron chi connectivity index (χ1n) is 8.63. The van der Waals surface area contributed by atoms with E-state index in [-0.39, 0.29) is 21.5 Å². The van der Waals surface area contributed by atoms with E-state index >= 15 is 0 Å². The van der Waals surface area contributed by atoms with Crippen molar-refractivity contribution in [1.82, 2.24) is 25.1 Å². The van der Waals surface area contributed by atoms with Gasteiger partial charge in [-0.2, -0.15) is 0 Å². The summed E-state index contributed by atoms with van der Waals surface area (Å²) in [6, 6.07) is 1.61. The Bertz CT molecular complexity index is 969. The Morgan fingerprint density at radius 1 is 1.30 bits per heavy atom. The molecule has 3 N–H and O–H groups in total. The minimum atomic E-state index is 0.164. The van der Waals surface area contributed by atoms with Crippen LogP contribution in [0.15, 0.2) is 18.5 Å². The molecule has 0 aliphatic carbocycles. The van der Waals surface area contributed by atoms with Crippen molar-refractivity contribution in [2.24, 2.45) is 11.1 Å². The second kappa shape index (κ2) is 7.10. The summed E-state index contributed by atoms with van der Waals surface area (Å²) in [5.41, 5.74) is 7.16. The zero-order valence-corrected chi connectivity index (χ0v) is 16.3. The van der Waals surface area contributed by atoms with Crippen LogP contribution in [0.1, 0.15) is 19.8 Å². The molecule has 1 aliphatic heterocycles. The van der Waals surface area contributed by atoms with Crippen LogP contribution in [0.5, 0.6) is 11.6 Å². The van der Waals surface area contributed by atoms with Crippen molar-refractivity contribution in [3.8, 4) is 11.6 Å². The van der Waals surface area contributed by atoms with Crippen LogP contribution in [-0.4, -0.2) is 44.8 Å². The molecule has 0 radical (unpaired) electrons. The third kappa shape index (κ3) is 3.52. The molecule has 0 atom stereocenters.